The van der Waals surface area contributed by atoms with E-state index in [1.54, 1.807) is 5.57 Å². The van der Waals surface area contributed by atoms with Crippen LogP contribution < -0.4 is 0 Å². The minimum Gasteiger partial charge on any atom is -0.0841 e. The lowest BCUT2D eigenvalue weighted by atomic mass is 9.72. The molecule has 0 heteroatoms. The predicted molar refractivity (Wildman–Crippen MR) is 57.4 cm³/mol. The highest BCUT2D eigenvalue weighted by Crippen LogP contribution is 2.37. The Morgan fingerprint density at radius 1 is 1.31 bits per heavy atom. The van der Waals surface area contributed by atoms with Gasteiger partial charge in [-0.05, 0) is 30.3 Å². The van der Waals surface area contributed by atoms with Gasteiger partial charge in [-0.1, -0.05) is 44.2 Å². The highest BCUT2D eigenvalue weighted by atomic mass is 14.3. The second-order valence-corrected chi connectivity index (χ2v) is 4.44. The van der Waals surface area contributed by atoms with Crippen LogP contribution in [0.1, 0.15) is 26.7 Å². The topological polar surface area (TPSA) is 0 Å². The first-order valence-corrected chi connectivity index (χ1v) is 5.32. The SMILES string of the molecule is CC(C)C1CC=CC2=CCC=CC21. The average Bonchev–Trinajstić information content (AvgIpc) is 2.17. The molecule has 13 heavy (non-hydrogen) atoms. The van der Waals surface area contributed by atoms with Crippen molar-refractivity contribution in [2.75, 3.05) is 0 Å². The van der Waals surface area contributed by atoms with E-state index in [1.165, 1.54) is 6.42 Å². The fourth-order valence-electron chi connectivity index (χ4n) is 2.44. The molecule has 2 aliphatic carbocycles. The molecule has 0 radical (unpaired) electrons. The fraction of sp³-hybridized carbons (Fsp3) is 0.538. The van der Waals surface area contributed by atoms with Crippen LogP contribution in [0.5, 0.6) is 0 Å². The second kappa shape index (κ2) is 3.53. The van der Waals surface area contributed by atoms with E-state index in [1.807, 2.05) is 0 Å². The Labute approximate surface area is 81.0 Å². The molecule has 0 saturated heterocycles. The molecular weight excluding hydrogens is 156 g/mol. The molecule has 2 unspecified atom stereocenters. The zero-order chi connectivity index (χ0) is 9.26. The Morgan fingerprint density at radius 2 is 2.15 bits per heavy atom. The normalized spacial score (nSPS) is 31.8. The summed E-state index contributed by atoms with van der Waals surface area (Å²) in [6, 6.07) is 0. The molecule has 0 spiro atoms. The number of hydrogen-bond donors (Lipinski definition) is 0. The standard InChI is InChI=1S/C13H18/c1-10(2)12-9-5-7-11-6-3-4-8-13(11)12/h4-8,10,12-13H,3,9H2,1-2H3. The lowest BCUT2D eigenvalue weighted by molar-refractivity contribution is 0.321. The van der Waals surface area contributed by atoms with E-state index < -0.39 is 0 Å². The Bertz CT molecular complexity index is 266. The summed E-state index contributed by atoms with van der Waals surface area (Å²) in [5.41, 5.74) is 1.55. The van der Waals surface area contributed by atoms with Crippen LogP contribution in [0, 0.1) is 17.8 Å². The first kappa shape index (κ1) is 8.80. The predicted octanol–water partition coefficient (Wildman–Crippen LogP) is 3.72. The molecule has 2 aliphatic rings. The molecular formula is C13H18. The zero-order valence-electron chi connectivity index (χ0n) is 8.53. The molecule has 2 atom stereocenters. The van der Waals surface area contributed by atoms with Crippen LogP contribution in [0.4, 0.5) is 0 Å². The highest BCUT2D eigenvalue weighted by Gasteiger charge is 2.26. The summed E-state index contributed by atoms with van der Waals surface area (Å²) in [4.78, 5) is 0. The number of rotatable bonds is 1. The van der Waals surface area contributed by atoms with Crippen molar-refractivity contribution >= 4 is 0 Å². The van der Waals surface area contributed by atoms with Gasteiger partial charge in [-0.2, -0.15) is 0 Å². The van der Waals surface area contributed by atoms with Crippen LogP contribution >= 0.6 is 0 Å². The van der Waals surface area contributed by atoms with E-state index in [2.05, 4.69) is 44.2 Å². The lowest BCUT2D eigenvalue weighted by Gasteiger charge is -2.32. The van der Waals surface area contributed by atoms with Gasteiger partial charge in [0.05, 0.1) is 0 Å². The minimum atomic E-state index is 0.707. The molecule has 0 fully saturated rings. The van der Waals surface area contributed by atoms with Crippen molar-refractivity contribution < 1.29 is 0 Å². The van der Waals surface area contributed by atoms with Gasteiger partial charge in [0.15, 0.2) is 0 Å². The van der Waals surface area contributed by atoms with Gasteiger partial charge in [-0.3, -0.25) is 0 Å². The Kier molecular flexibility index (Phi) is 2.39. The average molecular weight is 174 g/mol. The Balaban J connectivity index is 2.25. The third-order valence-corrected chi connectivity index (χ3v) is 3.25. The van der Waals surface area contributed by atoms with Crippen molar-refractivity contribution in [2.45, 2.75) is 26.7 Å². The molecule has 0 aromatic heterocycles. The third kappa shape index (κ3) is 1.63. The first-order chi connectivity index (χ1) is 6.29. The molecule has 0 bridgehead atoms. The molecule has 0 amide bonds. The van der Waals surface area contributed by atoms with Gasteiger partial charge in [0.25, 0.3) is 0 Å². The summed E-state index contributed by atoms with van der Waals surface area (Å²) in [6.07, 6.45) is 14.1. The lowest BCUT2D eigenvalue weighted by Crippen LogP contribution is -2.23. The second-order valence-electron chi connectivity index (χ2n) is 4.44. The maximum Gasteiger partial charge on any atom is 0.00486 e. The summed E-state index contributed by atoms with van der Waals surface area (Å²) in [7, 11) is 0. The third-order valence-electron chi connectivity index (χ3n) is 3.25. The maximum atomic E-state index is 2.41. The first-order valence-electron chi connectivity index (χ1n) is 5.32. The van der Waals surface area contributed by atoms with Crippen LogP contribution in [-0.4, -0.2) is 0 Å². The van der Waals surface area contributed by atoms with Crippen LogP contribution in [0.2, 0.25) is 0 Å². The number of allylic oxidation sites excluding steroid dienone is 6. The maximum absolute atomic E-state index is 2.41. The summed E-state index contributed by atoms with van der Waals surface area (Å²) >= 11 is 0. The van der Waals surface area contributed by atoms with E-state index in [4.69, 9.17) is 0 Å². The van der Waals surface area contributed by atoms with Gasteiger partial charge in [0.1, 0.15) is 0 Å². The van der Waals surface area contributed by atoms with Crippen LogP contribution in [-0.2, 0) is 0 Å². The van der Waals surface area contributed by atoms with Crippen molar-refractivity contribution in [3.8, 4) is 0 Å². The molecule has 0 heterocycles. The highest BCUT2D eigenvalue weighted by molar-refractivity contribution is 5.33. The molecule has 2 rings (SSSR count). The smallest absolute Gasteiger partial charge is 0.00486 e. The summed E-state index contributed by atoms with van der Waals surface area (Å²) in [5, 5.41) is 0. The van der Waals surface area contributed by atoms with E-state index >= 15 is 0 Å². The number of fused-ring (bicyclic) bond motifs is 1. The van der Waals surface area contributed by atoms with Gasteiger partial charge in [-0.15, -0.1) is 0 Å². The van der Waals surface area contributed by atoms with Crippen molar-refractivity contribution in [2.24, 2.45) is 17.8 Å². The molecule has 0 N–H and O–H groups in total. The minimum absolute atomic E-state index is 0.707. The molecule has 0 aromatic rings. The zero-order valence-corrected chi connectivity index (χ0v) is 8.53. The molecule has 0 nitrogen and oxygen atoms in total. The van der Waals surface area contributed by atoms with Gasteiger partial charge < -0.3 is 0 Å². The monoisotopic (exact) mass is 174 g/mol. The summed E-state index contributed by atoms with van der Waals surface area (Å²) < 4.78 is 0. The van der Waals surface area contributed by atoms with Gasteiger partial charge >= 0.3 is 0 Å². The van der Waals surface area contributed by atoms with Crippen molar-refractivity contribution in [3.05, 3.63) is 36.0 Å². The van der Waals surface area contributed by atoms with E-state index in [0.29, 0.717) is 5.92 Å². The largest absolute Gasteiger partial charge is 0.0841 e. The van der Waals surface area contributed by atoms with E-state index in [0.717, 1.165) is 18.3 Å². The van der Waals surface area contributed by atoms with Gasteiger partial charge in [0, 0.05) is 5.92 Å². The summed E-state index contributed by atoms with van der Waals surface area (Å²) in [6.45, 7) is 4.67. The van der Waals surface area contributed by atoms with Crippen LogP contribution in [0.25, 0.3) is 0 Å². The van der Waals surface area contributed by atoms with Crippen LogP contribution in [0.3, 0.4) is 0 Å². The molecule has 0 aliphatic heterocycles. The Morgan fingerprint density at radius 3 is 2.92 bits per heavy atom. The van der Waals surface area contributed by atoms with Gasteiger partial charge in [-0.25, -0.2) is 0 Å². The summed E-state index contributed by atoms with van der Waals surface area (Å²) in [5.74, 6) is 2.33. The Hall–Kier alpha value is -0.780. The van der Waals surface area contributed by atoms with Gasteiger partial charge in [0.2, 0.25) is 0 Å². The number of hydrogen-bond acceptors (Lipinski definition) is 0. The van der Waals surface area contributed by atoms with E-state index in [9.17, 15) is 0 Å². The van der Waals surface area contributed by atoms with Crippen molar-refractivity contribution in [1.82, 2.24) is 0 Å². The van der Waals surface area contributed by atoms with Crippen LogP contribution in [0.15, 0.2) is 36.0 Å². The van der Waals surface area contributed by atoms with Crippen molar-refractivity contribution in [3.63, 3.8) is 0 Å². The quantitative estimate of drug-likeness (QED) is 0.531. The molecule has 0 saturated carbocycles. The van der Waals surface area contributed by atoms with Crippen molar-refractivity contribution in [1.29, 1.82) is 0 Å². The van der Waals surface area contributed by atoms with E-state index in [-0.39, 0.29) is 0 Å². The molecule has 70 valence electrons. The molecule has 0 aromatic carbocycles. The fourth-order valence-corrected chi connectivity index (χ4v) is 2.44.